The number of amides is 4. The van der Waals surface area contributed by atoms with Crippen LogP contribution >= 0.6 is 0 Å². The standard InChI is InChI=1S/C58H72N8O6/c1-34(2)48(63-54(69)71-7)52(67)65-32-57(21-22-57)28-46(65)50-59-30-44(61-50)39-15-11-37(12-16-39)41-25-42(27-56(6)19-9-10-20-56)36(5)43(26-41)38-13-17-40(18-14-38)45-31-60-51(62-45)47-29-58(23-24-58)33-66(47)53(68)49(35(3)4)64-55(70)72-8/h11-18,25-26,30-31,34-35,46-49H,9-10,19-24,27-29,32-33H2,1-8H3,(H,59,61)(H,60,62)(H,63,69)(H,64,70)/t46-,47-,48-,49-/m0/s1. The zero-order valence-electron chi connectivity index (χ0n) is 43.3. The van der Waals surface area contributed by atoms with Crippen LogP contribution in [-0.4, -0.2) is 93.1 Å². The van der Waals surface area contributed by atoms with Gasteiger partial charge in [0.25, 0.3) is 0 Å². The Bertz CT molecular complexity index is 2830. The van der Waals surface area contributed by atoms with Crippen LogP contribution in [0.4, 0.5) is 9.59 Å². The lowest BCUT2D eigenvalue weighted by atomic mass is 9.79. The number of aromatic amines is 2. The van der Waals surface area contributed by atoms with Crippen LogP contribution in [0.3, 0.4) is 0 Å². The van der Waals surface area contributed by atoms with Gasteiger partial charge in [-0.25, -0.2) is 19.6 Å². The molecule has 10 rings (SSSR count). The highest BCUT2D eigenvalue weighted by Crippen LogP contribution is 2.59. The molecule has 5 aliphatic rings. The lowest BCUT2D eigenvalue weighted by Gasteiger charge is -2.30. The molecule has 0 radical (unpaired) electrons. The topological polar surface area (TPSA) is 175 Å². The van der Waals surface area contributed by atoms with E-state index in [4.69, 9.17) is 19.4 Å². The number of imidazole rings is 2. The zero-order chi connectivity index (χ0) is 50.7. The Balaban J connectivity index is 0.896. The number of ether oxygens (including phenoxy) is 2. The maximum absolute atomic E-state index is 14.1. The number of carbonyl (C=O) groups excluding carboxylic acids is 4. The van der Waals surface area contributed by atoms with E-state index >= 15 is 0 Å². The first kappa shape index (κ1) is 49.2. The third-order valence-electron chi connectivity index (χ3n) is 17.1. The molecular formula is C58H72N8O6. The van der Waals surface area contributed by atoms with E-state index in [1.165, 1.54) is 62.2 Å². The van der Waals surface area contributed by atoms with Crippen LogP contribution < -0.4 is 10.6 Å². The van der Waals surface area contributed by atoms with Crippen LogP contribution in [0.25, 0.3) is 44.8 Å². The summed E-state index contributed by atoms with van der Waals surface area (Å²) in [5.74, 6) is 1.11. The number of hydrogen-bond donors (Lipinski definition) is 4. The Morgan fingerprint density at radius 3 is 1.49 bits per heavy atom. The van der Waals surface area contributed by atoms with Crippen LogP contribution in [0, 0.1) is 35.0 Å². The van der Waals surface area contributed by atoms with Gasteiger partial charge in [0.15, 0.2) is 0 Å². The van der Waals surface area contributed by atoms with Gasteiger partial charge in [-0.15, -0.1) is 0 Å². The second-order valence-electron chi connectivity index (χ2n) is 23.1. The Labute approximate surface area is 423 Å². The Kier molecular flexibility index (Phi) is 13.1. The average molecular weight is 977 g/mol. The number of nitrogens with one attached hydrogen (secondary N) is 4. The van der Waals surface area contributed by atoms with Crippen molar-refractivity contribution >= 4 is 24.0 Å². The number of alkyl carbamates (subject to hydrolysis) is 2. The first-order valence-corrected chi connectivity index (χ1v) is 26.2. The molecule has 4 atom stereocenters. The van der Waals surface area contributed by atoms with Crippen molar-refractivity contribution < 1.29 is 28.7 Å². The van der Waals surface area contributed by atoms with Crippen molar-refractivity contribution in [2.75, 3.05) is 27.3 Å². The second-order valence-corrected chi connectivity index (χ2v) is 23.1. The van der Waals surface area contributed by atoms with Crippen LogP contribution in [0.15, 0.2) is 73.1 Å². The van der Waals surface area contributed by atoms with Gasteiger partial charge in [-0.1, -0.05) is 102 Å². The van der Waals surface area contributed by atoms with Gasteiger partial charge < -0.3 is 39.9 Å². The summed E-state index contributed by atoms with van der Waals surface area (Å²) < 4.78 is 9.73. The van der Waals surface area contributed by atoms with Crippen molar-refractivity contribution in [3.63, 3.8) is 0 Å². The van der Waals surface area contributed by atoms with Gasteiger partial charge in [-0.05, 0) is 143 Å². The van der Waals surface area contributed by atoms with E-state index in [0.717, 1.165) is 90.2 Å². The Hall–Kier alpha value is -6.44. The molecule has 72 heavy (non-hydrogen) atoms. The molecule has 14 heteroatoms. The van der Waals surface area contributed by atoms with Crippen LogP contribution in [-0.2, 0) is 25.5 Å². The monoisotopic (exact) mass is 977 g/mol. The summed E-state index contributed by atoms with van der Waals surface area (Å²) >= 11 is 0. The van der Waals surface area contributed by atoms with E-state index < -0.39 is 24.3 Å². The third kappa shape index (κ3) is 9.77. The fourth-order valence-corrected chi connectivity index (χ4v) is 12.2. The molecule has 2 aliphatic heterocycles. The van der Waals surface area contributed by atoms with Crippen LogP contribution in [0.2, 0.25) is 0 Å². The maximum Gasteiger partial charge on any atom is 0.407 e. The van der Waals surface area contributed by atoms with Crippen LogP contribution in [0.1, 0.15) is 134 Å². The Morgan fingerprint density at radius 2 is 1.07 bits per heavy atom. The molecule has 2 spiro atoms. The molecule has 5 aromatic rings. The second kappa shape index (κ2) is 19.2. The molecule has 0 unspecified atom stereocenters. The van der Waals surface area contributed by atoms with Crippen molar-refractivity contribution in [2.45, 2.75) is 136 Å². The molecule has 3 saturated carbocycles. The number of carbonyl (C=O) groups is 4. The summed E-state index contributed by atoms with van der Waals surface area (Å²) in [5, 5.41) is 5.56. The number of likely N-dealkylation sites (tertiary alicyclic amines) is 2. The number of rotatable bonds is 14. The Morgan fingerprint density at radius 1 is 0.639 bits per heavy atom. The van der Waals surface area contributed by atoms with Crippen molar-refractivity contribution in [3.8, 4) is 44.8 Å². The largest absolute Gasteiger partial charge is 0.453 e. The summed E-state index contributed by atoms with van der Waals surface area (Å²) in [4.78, 5) is 73.4. The highest BCUT2D eigenvalue weighted by atomic mass is 16.5. The van der Waals surface area contributed by atoms with Gasteiger partial charge in [-0.2, -0.15) is 0 Å². The van der Waals surface area contributed by atoms with E-state index in [1.807, 2.05) is 49.9 Å². The highest BCUT2D eigenvalue weighted by Gasteiger charge is 2.56. The minimum absolute atomic E-state index is 0.102. The number of methoxy groups -OCH3 is 2. The number of hydrogen-bond acceptors (Lipinski definition) is 8. The van der Waals surface area contributed by atoms with E-state index in [9.17, 15) is 19.2 Å². The summed E-state index contributed by atoms with van der Waals surface area (Å²) in [6.45, 7) is 13.8. The van der Waals surface area contributed by atoms with Crippen molar-refractivity contribution in [3.05, 3.63) is 95.8 Å². The van der Waals surface area contributed by atoms with E-state index in [2.05, 4.69) is 95.1 Å². The summed E-state index contributed by atoms with van der Waals surface area (Å²) in [5.41, 5.74) is 11.7. The van der Waals surface area contributed by atoms with Crippen molar-refractivity contribution in [1.82, 2.24) is 40.4 Å². The quantitative estimate of drug-likeness (QED) is 0.0850. The first-order chi connectivity index (χ1) is 34.5. The summed E-state index contributed by atoms with van der Waals surface area (Å²) in [6.07, 6.45) is 14.6. The lowest BCUT2D eigenvalue weighted by molar-refractivity contribution is -0.136. The smallest absolute Gasteiger partial charge is 0.407 e. The van der Waals surface area contributed by atoms with Gasteiger partial charge in [0, 0.05) is 13.1 Å². The third-order valence-corrected chi connectivity index (χ3v) is 17.1. The first-order valence-electron chi connectivity index (χ1n) is 26.2. The summed E-state index contributed by atoms with van der Waals surface area (Å²) in [6, 6.07) is 20.4. The molecular weight excluding hydrogens is 905 g/mol. The van der Waals surface area contributed by atoms with Gasteiger partial charge in [0.1, 0.15) is 23.7 Å². The molecule has 380 valence electrons. The van der Waals surface area contributed by atoms with Gasteiger partial charge in [-0.3, -0.25) is 9.59 Å². The van der Waals surface area contributed by atoms with Gasteiger partial charge in [0.2, 0.25) is 11.8 Å². The number of nitrogens with zero attached hydrogens (tertiary/aromatic N) is 4. The fraction of sp³-hybridized carbons (Fsp3) is 0.517. The van der Waals surface area contributed by atoms with E-state index in [0.29, 0.717) is 13.1 Å². The zero-order valence-corrected chi connectivity index (χ0v) is 43.3. The van der Waals surface area contributed by atoms with Gasteiger partial charge >= 0.3 is 12.2 Å². The lowest BCUT2D eigenvalue weighted by Crippen LogP contribution is -2.51. The fourth-order valence-electron chi connectivity index (χ4n) is 12.2. The molecule has 2 saturated heterocycles. The molecule has 3 aromatic carbocycles. The summed E-state index contributed by atoms with van der Waals surface area (Å²) in [7, 11) is 2.63. The predicted molar refractivity (Wildman–Crippen MR) is 277 cm³/mol. The molecule has 2 aromatic heterocycles. The average Bonchev–Trinajstić information content (AvgIpc) is 3.81. The molecule has 4 amide bonds. The van der Waals surface area contributed by atoms with Gasteiger partial charge in [0.05, 0.1) is 50.1 Å². The van der Waals surface area contributed by atoms with Crippen molar-refractivity contribution in [1.29, 1.82) is 0 Å². The minimum atomic E-state index is -0.692. The number of aromatic nitrogens is 4. The maximum atomic E-state index is 14.1. The number of H-pyrrole nitrogens is 2. The van der Waals surface area contributed by atoms with Crippen LogP contribution in [0.5, 0.6) is 0 Å². The molecule has 0 bridgehead atoms. The van der Waals surface area contributed by atoms with E-state index in [1.54, 1.807) is 0 Å². The highest BCUT2D eigenvalue weighted by molar-refractivity contribution is 5.88. The molecule has 3 aliphatic carbocycles. The molecule has 14 nitrogen and oxygen atoms in total. The minimum Gasteiger partial charge on any atom is -0.453 e. The predicted octanol–water partition coefficient (Wildman–Crippen LogP) is 11.1. The SMILES string of the molecule is COC(=O)N[C@H](C(=O)N1CC2(CC2)C[C@H]1c1ncc(-c2ccc(-c3cc(CC4(C)CCCC4)c(C)c(-c4ccc(-c5cnc([C@@H]6CC7(CC7)CN6C(=O)[C@@H](NC(=O)OC)C(C)C)[nH]5)cc4)c3)cc2)[nH]1)C(C)C. The molecule has 5 fully saturated rings. The molecule has 4 heterocycles. The number of benzene rings is 3. The normalized spacial score (nSPS) is 21.1. The van der Waals surface area contributed by atoms with E-state index in [-0.39, 0.29) is 52.0 Å². The molecule has 4 N–H and O–H groups in total. The van der Waals surface area contributed by atoms with Crippen molar-refractivity contribution in [2.24, 2.45) is 28.1 Å².